The van der Waals surface area contributed by atoms with Gasteiger partial charge in [-0.15, -0.1) is 13.2 Å². The van der Waals surface area contributed by atoms with Crippen LogP contribution in [0.2, 0.25) is 0 Å². The molecule has 0 saturated carbocycles. The lowest BCUT2D eigenvalue weighted by molar-refractivity contribution is -0.514. The molecule has 0 aromatic carbocycles. The predicted molar refractivity (Wildman–Crippen MR) is 43.1 cm³/mol. The Morgan fingerprint density at radius 3 is 1.50 bits per heavy atom. The summed E-state index contributed by atoms with van der Waals surface area (Å²) >= 11 is 0. The lowest BCUT2D eigenvalue weighted by Gasteiger charge is -2.33. The highest BCUT2D eigenvalue weighted by atomic mass is 19.4. The summed E-state index contributed by atoms with van der Waals surface area (Å²) in [4.78, 5) is 0. The zero-order chi connectivity index (χ0) is 18.2. The van der Waals surface area contributed by atoms with Gasteiger partial charge in [0.1, 0.15) is 0 Å². The third kappa shape index (κ3) is 4.41. The van der Waals surface area contributed by atoms with Gasteiger partial charge in [-0.05, 0) is 6.08 Å². The molecule has 22 heavy (non-hydrogen) atoms. The van der Waals surface area contributed by atoms with Crippen LogP contribution >= 0.6 is 0 Å². The molecule has 1 unspecified atom stereocenters. The number of halogens is 12. The summed E-state index contributed by atoms with van der Waals surface area (Å²) in [6, 6.07) is 0. The molecule has 0 fully saturated rings. The van der Waals surface area contributed by atoms with Crippen LogP contribution < -0.4 is 0 Å². The molecule has 0 aliphatic carbocycles. The summed E-state index contributed by atoms with van der Waals surface area (Å²) in [5.74, 6) is -12.2. The van der Waals surface area contributed by atoms with E-state index in [0.29, 0.717) is 0 Å². The molecule has 0 amide bonds. The normalized spacial score (nSPS) is 16.5. The van der Waals surface area contributed by atoms with Crippen LogP contribution in [0.1, 0.15) is 0 Å². The van der Waals surface area contributed by atoms with Gasteiger partial charge in [0, 0.05) is 0 Å². The van der Waals surface area contributed by atoms with E-state index in [1.165, 1.54) is 4.74 Å². The van der Waals surface area contributed by atoms with Crippen LogP contribution in [0.5, 0.6) is 0 Å². The van der Waals surface area contributed by atoms with E-state index in [-0.39, 0.29) is 0 Å². The second-order valence-corrected chi connectivity index (χ2v) is 3.47. The first-order valence-electron chi connectivity index (χ1n) is 4.63. The van der Waals surface area contributed by atoms with Crippen molar-refractivity contribution in [3.63, 3.8) is 0 Å². The van der Waals surface area contributed by atoms with Crippen LogP contribution in [0.3, 0.4) is 0 Å². The number of hydrogen-bond acceptors (Lipinski definition) is 2. The molecule has 0 spiro atoms. The molecule has 14 heteroatoms. The molecule has 132 valence electrons. The molecule has 0 aromatic rings. The molecule has 1 atom stereocenters. The Kier molecular flexibility index (Phi) is 5.48. The average Bonchev–Trinajstić information content (AvgIpc) is 2.24. The summed E-state index contributed by atoms with van der Waals surface area (Å²) in [6.07, 6.45) is -25.5. The molecule has 0 aliphatic rings. The monoisotopic (exact) mass is 360 g/mol. The second kappa shape index (κ2) is 5.79. The highest BCUT2D eigenvalue weighted by Crippen LogP contribution is 2.50. The molecule has 0 aromatic heterocycles. The Labute approximate surface area is 113 Å². The number of alkyl halides is 12. The molecule has 0 bridgehead atoms. The maximum Gasteiger partial charge on any atom is 0.527 e. The lowest BCUT2D eigenvalue weighted by atomic mass is 10.2. The van der Waals surface area contributed by atoms with Crippen molar-refractivity contribution < 1.29 is 62.2 Å². The smallest absolute Gasteiger partial charge is 0.274 e. The third-order valence-electron chi connectivity index (χ3n) is 1.80. The minimum atomic E-state index is -7.14. The number of rotatable bonds is 7. The van der Waals surface area contributed by atoms with Gasteiger partial charge >= 0.3 is 30.4 Å². The van der Waals surface area contributed by atoms with Crippen LogP contribution in [0.4, 0.5) is 52.7 Å². The molecule has 2 nitrogen and oxygen atoms in total. The largest absolute Gasteiger partial charge is 0.527 e. The number of hydrogen-bond donors (Lipinski definition) is 0. The quantitative estimate of drug-likeness (QED) is 0.493. The van der Waals surface area contributed by atoms with Crippen LogP contribution in [0, 0.1) is 0 Å². The van der Waals surface area contributed by atoms with Crippen LogP contribution in [0.25, 0.3) is 0 Å². The summed E-state index contributed by atoms with van der Waals surface area (Å²) in [5, 5.41) is 0. The minimum absolute atomic E-state index is 0.684. The maximum absolute atomic E-state index is 12.7. The topological polar surface area (TPSA) is 18.5 Å². The van der Waals surface area contributed by atoms with Gasteiger partial charge in [-0.25, -0.2) is 9.13 Å². The van der Waals surface area contributed by atoms with Crippen LogP contribution in [-0.2, 0) is 9.47 Å². The zero-order valence-corrected chi connectivity index (χ0v) is 9.71. The lowest BCUT2D eigenvalue weighted by Crippen LogP contribution is -2.59. The first-order chi connectivity index (χ1) is 9.40. The zero-order valence-electron chi connectivity index (χ0n) is 9.71. The van der Waals surface area contributed by atoms with Crippen molar-refractivity contribution in [1.29, 1.82) is 0 Å². The van der Waals surface area contributed by atoms with Crippen molar-refractivity contribution >= 4 is 0 Å². The van der Waals surface area contributed by atoms with Gasteiger partial charge in [-0.3, -0.25) is 4.74 Å². The van der Waals surface area contributed by atoms with Crippen molar-refractivity contribution in [1.82, 2.24) is 0 Å². The van der Waals surface area contributed by atoms with Crippen molar-refractivity contribution in [3.8, 4) is 0 Å². The van der Waals surface area contributed by atoms with E-state index in [4.69, 9.17) is 0 Å². The fourth-order valence-corrected chi connectivity index (χ4v) is 0.754. The van der Waals surface area contributed by atoms with E-state index in [0.717, 1.165) is 0 Å². The Bertz CT molecular complexity index is 400. The highest BCUT2D eigenvalue weighted by molar-refractivity contribution is 4.92. The number of ether oxygens (including phenoxy) is 2. The van der Waals surface area contributed by atoms with Crippen molar-refractivity contribution in [2.24, 2.45) is 0 Å². The van der Waals surface area contributed by atoms with Gasteiger partial charge in [0.2, 0.25) is 0 Å². The molecule has 0 aliphatic heterocycles. The molecule has 0 rings (SSSR count). The Morgan fingerprint density at radius 2 is 1.18 bits per heavy atom. The fourth-order valence-electron chi connectivity index (χ4n) is 0.754. The molecule has 0 heterocycles. The SMILES string of the molecule is C=CC(F)(F)C(F)OC(F)(F)C(F)(F)C(F)(F)OC(F)(F)F. The van der Waals surface area contributed by atoms with Crippen molar-refractivity contribution in [3.05, 3.63) is 12.7 Å². The van der Waals surface area contributed by atoms with Crippen molar-refractivity contribution in [2.75, 3.05) is 0 Å². The second-order valence-electron chi connectivity index (χ2n) is 3.47. The third-order valence-corrected chi connectivity index (χ3v) is 1.80. The standard InChI is InChI=1S/C8H4F12O2/c1-2-4(10,11)3(9)21-6(14,15)5(12,13)7(16,17)22-8(18,19)20/h2-3H,1H2. The van der Waals surface area contributed by atoms with E-state index in [1.54, 1.807) is 0 Å². The summed E-state index contributed by atoms with van der Waals surface area (Å²) < 4.78 is 151. The Hall–Kier alpha value is -1.18. The van der Waals surface area contributed by atoms with E-state index < -0.39 is 42.9 Å². The van der Waals surface area contributed by atoms with Gasteiger partial charge in [0.05, 0.1) is 0 Å². The average molecular weight is 360 g/mol. The van der Waals surface area contributed by atoms with Gasteiger partial charge in [0.15, 0.2) is 0 Å². The molecular weight excluding hydrogens is 356 g/mol. The highest BCUT2D eigenvalue weighted by Gasteiger charge is 2.77. The van der Waals surface area contributed by atoms with Crippen LogP contribution in [0.15, 0.2) is 12.7 Å². The van der Waals surface area contributed by atoms with Gasteiger partial charge in [0.25, 0.3) is 6.36 Å². The first kappa shape index (κ1) is 20.8. The van der Waals surface area contributed by atoms with E-state index in [2.05, 4.69) is 11.3 Å². The maximum atomic E-state index is 12.7. The van der Waals surface area contributed by atoms with E-state index >= 15 is 0 Å². The van der Waals surface area contributed by atoms with E-state index in [1.807, 2.05) is 0 Å². The molecular formula is C8H4F12O2. The fraction of sp³-hybridized carbons (Fsp3) is 0.750. The molecule has 0 N–H and O–H groups in total. The summed E-state index contributed by atoms with van der Waals surface area (Å²) in [5.41, 5.74) is 0. The van der Waals surface area contributed by atoms with Gasteiger partial charge in [-0.2, -0.15) is 35.1 Å². The summed E-state index contributed by atoms with van der Waals surface area (Å²) in [6.45, 7) is 2.22. The molecule has 0 saturated heterocycles. The van der Waals surface area contributed by atoms with Gasteiger partial charge < -0.3 is 0 Å². The van der Waals surface area contributed by atoms with E-state index in [9.17, 15) is 52.7 Å². The predicted octanol–water partition coefficient (Wildman–Crippen LogP) is 4.48. The van der Waals surface area contributed by atoms with Crippen LogP contribution in [-0.4, -0.2) is 36.8 Å². The van der Waals surface area contributed by atoms with Gasteiger partial charge in [-0.1, -0.05) is 6.58 Å². The summed E-state index contributed by atoms with van der Waals surface area (Å²) in [7, 11) is 0. The first-order valence-corrected chi connectivity index (χ1v) is 4.63. The minimum Gasteiger partial charge on any atom is -0.274 e. The molecule has 0 radical (unpaired) electrons. The Morgan fingerprint density at radius 1 is 0.773 bits per heavy atom. The van der Waals surface area contributed by atoms with Crippen molar-refractivity contribution in [2.45, 2.75) is 36.8 Å². The Balaban J connectivity index is 5.44.